The van der Waals surface area contributed by atoms with Crippen LogP contribution in [0.4, 0.5) is 5.82 Å². The number of aromatic amines is 1. The van der Waals surface area contributed by atoms with Crippen LogP contribution in [0.15, 0.2) is 6.07 Å². The highest BCUT2D eigenvalue weighted by Gasteiger charge is 2.26. The highest BCUT2D eigenvalue weighted by atomic mass is 16.2. The summed E-state index contributed by atoms with van der Waals surface area (Å²) < 4.78 is 0. The van der Waals surface area contributed by atoms with E-state index in [-0.39, 0.29) is 5.91 Å². The number of H-pyrrole nitrogens is 1. The van der Waals surface area contributed by atoms with Crippen molar-refractivity contribution in [3.8, 4) is 0 Å². The number of amides is 1. The third kappa shape index (κ3) is 2.29. The lowest BCUT2D eigenvalue weighted by atomic mass is 10.3. The number of rotatable bonds is 4. The number of nitrogens with zero attached hydrogens (tertiary/aromatic N) is 2. The Balaban J connectivity index is 2.03. The van der Waals surface area contributed by atoms with Gasteiger partial charge in [-0.3, -0.25) is 9.89 Å². The summed E-state index contributed by atoms with van der Waals surface area (Å²) in [4.78, 5) is 13.8. The van der Waals surface area contributed by atoms with Crippen LogP contribution in [-0.2, 0) is 0 Å². The molecule has 1 aliphatic carbocycles. The van der Waals surface area contributed by atoms with Crippen LogP contribution >= 0.6 is 0 Å². The van der Waals surface area contributed by atoms with Crippen molar-refractivity contribution in [1.82, 2.24) is 15.1 Å². The van der Waals surface area contributed by atoms with Crippen LogP contribution in [0.1, 0.15) is 30.3 Å². The molecule has 0 saturated heterocycles. The standard InChI is InChI=1S/C10H16N4O/c1-2-14(6-7-3-4-7)10(15)8-5-9(11)13-12-8/h5,7H,2-4,6H2,1H3,(H3,11,12,13). The first-order valence-electron chi connectivity index (χ1n) is 5.31. The fraction of sp³-hybridized carbons (Fsp3) is 0.600. The van der Waals surface area contributed by atoms with Gasteiger partial charge in [0, 0.05) is 19.2 Å². The Labute approximate surface area is 88.6 Å². The van der Waals surface area contributed by atoms with Gasteiger partial charge in [0.2, 0.25) is 0 Å². The summed E-state index contributed by atoms with van der Waals surface area (Å²) >= 11 is 0. The molecule has 1 fully saturated rings. The number of hydrogen-bond donors (Lipinski definition) is 2. The van der Waals surface area contributed by atoms with Crippen molar-refractivity contribution >= 4 is 11.7 Å². The molecule has 1 aliphatic rings. The number of hydrogen-bond acceptors (Lipinski definition) is 3. The molecule has 0 bridgehead atoms. The molecule has 1 aromatic heterocycles. The monoisotopic (exact) mass is 208 g/mol. The third-order valence-corrected chi connectivity index (χ3v) is 2.67. The zero-order valence-electron chi connectivity index (χ0n) is 8.86. The van der Waals surface area contributed by atoms with E-state index in [9.17, 15) is 4.79 Å². The molecule has 5 heteroatoms. The first kappa shape index (κ1) is 10.0. The molecule has 0 atom stereocenters. The van der Waals surface area contributed by atoms with Crippen molar-refractivity contribution in [3.63, 3.8) is 0 Å². The number of carbonyl (C=O) groups excluding carboxylic acids is 1. The van der Waals surface area contributed by atoms with E-state index in [2.05, 4.69) is 10.2 Å². The number of anilines is 1. The molecule has 0 radical (unpaired) electrons. The van der Waals surface area contributed by atoms with Gasteiger partial charge in [0.15, 0.2) is 0 Å². The third-order valence-electron chi connectivity index (χ3n) is 2.67. The van der Waals surface area contributed by atoms with Gasteiger partial charge in [-0.05, 0) is 25.7 Å². The maximum absolute atomic E-state index is 12.0. The number of nitrogen functional groups attached to an aromatic ring is 1. The lowest BCUT2D eigenvalue weighted by Crippen LogP contribution is -2.32. The normalized spacial score (nSPS) is 15.3. The van der Waals surface area contributed by atoms with E-state index in [0.717, 1.165) is 13.1 Å². The second kappa shape index (κ2) is 3.92. The lowest BCUT2D eigenvalue weighted by molar-refractivity contribution is 0.0751. The molecule has 5 nitrogen and oxygen atoms in total. The predicted octanol–water partition coefficient (Wildman–Crippen LogP) is 0.864. The van der Waals surface area contributed by atoms with Crippen molar-refractivity contribution in [3.05, 3.63) is 11.8 Å². The van der Waals surface area contributed by atoms with Crippen molar-refractivity contribution in [1.29, 1.82) is 0 Å². The minimum absolute atomic E-state index is 0.00593. The van der Waals surface area contributed by atoms with Crippen LogP contribution in [0.3, 0.4) is 0 Å². The molecule has 3 N–H and O–H groups in total. The molecule has 82 valence electrons. The Morgan fingerprint density at radius 1 is 1.73 bits per heavy atom. The zero-order valence-corrected chi connectivity index (χ0v) is 8.86. The summed E-state index contributed by atoms with van der Waals surface area (Å²) in [5.41, 5.74) is 5.94. The molecule has 1 amide bonds. The Bertz CT molecular complexity index is 356. The summed E-state index contributed by atoms with van der Waals surface area (Å²) in [6, 6.07) is 1.58. The van der Waals surface area contributed by atoms with Gasteiger partial charge in [-0.25, -0.2) is 0 Å². The van der Waals surface area contributed by atoms with Crippen molar-refractivity contribution in [2.45, 2.75) is 19.8 Å². The van der Waals surface area contributed by atoms with Crippen LogP contribution < -0.4 is 5.73 Å². The smallest absolute Gasteiger partial charge is 0.271 e. The summed E-state index contributed by atoms with van der Waals surface area (Å²) in [7, 11) is 0. The molecule has 0 unspecified atom stereocenters. The van der Waals surface area contributed by atoms with Crippen LogP contribution in [-0.4, -0.2) is 34.1 Å². The van der Waals surface area contributed by atoms with E-state index in [1.165, 1.54) is 12.8 Å². The maximum Gasteiger partial charge on any atom is 0.271 e. The average Bonchev–Trinajstić information content (AvgIpc) is 2.95. The molecule has 1 saturated carbocycles. The summed E-state index contributed by atoms with van der Waals surface area (Å²) in [5, 5.41) is 6.40. The molecule has 2 rings (SSSR count). The topological polar surface area (TPSA) is 75.0 Å². The molecular formula is C10H16N4O. The number of nitrogens with two attached hydrogens (primary N) is 1. The van der Waals surface area contributed by atoms with Crippen molar-refractivity contribution in [2.75, 3.05) is 18.8 Å². The van der Waals surface area contributed by atoms with Gasteiger partial charge in [-0.1, -0.05) is 0 Å². The SMILES string of the molecule is CCN(CC1CC1)C(=O)c1cc(N)n[nH]1. The molecular weight excluding hydrogens is 192 g/mol. The van der Waals surface area contributed by atoms with E-state index in [1.54, 1.807) is 6.07 Å². The maximum atomic E-state index is 12.0. The van der Waals surface area contributed by atoms with E-state index in [1.807, 2.05) is 11.8 Å². The van der Waals surface area contributed by atoms with E-state index >= 15 is 0 Å². The Kier molecular flexibility index (Phi) is 2.62. The van der Waals surface area contributed by atoms with Crippen molar-refractivity contribution in [2.24, 2.45) is 5.92 Å². The van der Waals surface area contributed by atoms with Crippen LogP contribution in [0, 0.1) is 5.92 Å². The molecule has 0 aliphatic heterocycles. The fourth-order valence-corrected chi connectivity index (χ4v) is 1.58. The highest BCUT2D eigenvalue weighted by Crippen LogP contribution is 2.29. The minimum Gasteiger partial charge on any atom is -0.382 e. The summed E-state index contributed by atoms with van der Waals surface area (Å²) in [5.74, 6) is 1.06. The van der Waals surface area contributed by atoms with Gasteiger partial charge < -0.3 is 10.6 Å². The van der Waals surface area contributed by atoms with Gasteiger partial charge >= 0.3 is 0 Å². The fourth-order valence-electron chi connectivity index (χ4n) is 1.58. The quantitative estimate of drug-likeness (QED) is 0.770. The minimum atomic E-state index is -0.00593. The number of carbonyl (C=O) groups is 1. The van der Waals surface area contributed by atoms with E-state index in [4.69, 9.17) is 5.73 Å². The predicted molar refractivity (Wildman–Crippen MR) is 57.3 cm³/mol. The second-order valence-corrected chi connectivity index (χ2v) is 3.99. The van der Waals surface area contributed by atoms with Gasteiger partial charge in [-0.2, -0.15) is 5.10 Å². The van der Waals surface area contributed by atoms with E-state index in [0.29, 0.717) is 17.4 Å². The van der Waals surface area contributed by atoms with Gasteiger partial charge in [0.25, 0.3) is 5.91 Å². The lowest BCUT2D eigenvalue weighted by Gasteiger charge is -2.19. The number of nitrogens with one attached hydrogen (secondary N) is 1. The molecule has 15 heavy (non-hydrogen) atoms. The van der Waals surface area contributed by atoms with Gasteiger partial charge in [0.05, 0.1) is 0 Å². The molecule has 0 spiro atoms. The van der Waals surface area contributed by atoms with Gasteiger partial charge in [-0.15, -0.1) is 0 Å². The van der Waals surface area contributed by atoms with E-state index < -0.39 is 0 Å². The molecule has 1 heterocycles. The first-order valence-corrected chi connectivity index (χ1v) is 5.31. The first-order chi connectivity index (χ1) is 7.20. The van der Waals surface area contributed by atoms with Crippen LogP contribution in [0.2, 0.25) is 0 Å². The highest BCUT2D eigenvalue weighted by molar-refractivity contribution is 5.92. The Morgan fingerprint density at radius 3 is 2.93 bits per heavy atom. The summed E-state index contributed by atoms with van der Waals surface area (Å²) in [6.45, 7) is 3.57. The molecule has 1 aromatic rings. The van der Waals surface area contributed by atoms with Crippen LogP contribution in [0.25, 0.3) is 0 Å². The Morgan fingerprint density at radius 2 is 2.47 bits per heavy atom. The van der Waals surface area contributed by atoms with Crippen LogP contribution in [0.5, 0.6) is 0 Å². The second-order valence-electron chi connectivity index (χ2n) is 3.99. The summed E-state index contributed by atoms with van der Waals surface area (Å²) in [6.07, 6.45) is 2.49. The number of aromatic nitrogens is 2. The van der Waals surface area contributed by atoms with Crippen molar-refractivity contribution < 1.29 is 4.79 Å². The zero-order chi connectivity index (χ0) is 10.8. The Hall–Kier alpha value is -1.52. The van der Waals surface area contributed by atoms with Gasteiger partial charge in [0.1, 0.15) is 11.5 Å². The average molecular weight is 208 g/mol. The largest absolute Gasteiger partial charge is 0.382 e. The molecule has 0 aromatic carbocycles.